The monoisotopic (exact) mass is 1040 g/mol. The van der Waals surface area contributed by atoms with Crippen molar-refractivity contribution in [2.24, 2.45) is 0 Å². The molecule has 3 aromatic heterocycles. The molecule has 13 aromatic carbocycles. The molecule has 0 unspecified atom stereocenters. The normalized spacial score (nSPS) is 11.6. The van der Waals surface area contributed by atoms with Gasteiger partial charge in [-0.25, -0.2) is 0 Å². The summed E-state index contributed by atoms with van der Waals surface area (Å²) in [6, 6.07) is 115. The van der Waals surface area contributed by atoms with Crippen LogP contribution in [0.15, 0.2) is 303 Å². The Morgan fingerprint density at radius 1 is 0.268 bits per heavy atom. The van der Waals surface area contributed by atoms with Gasteiger partial charge in [-0.05, 0) is 159 Å². The summed E-state index contributed by atoms with van der Waals surface area (Å²) < 4.78 is 7.14. The van der Waals surface area contributed by atoms with E-state index in [9.17, 15) is 0 Å². The molecule has 0 radical (unpaired) electrons. The Kier molecular flexibility index (Phi) is 11.1. The lowest BCUT2D eigenvalue weighted by molar-refractivity contribution is 1.12. The van der Waals surface area contributed by atoms with Gasteiger partial charge in [0.2, 0.25) is 0 Å². The van der Waals surface area contributed by atoms with Crippen LogP contribution in [0.5, 0.6) is 0 Å². The third-order valence-electron chi connectivity index (χ3n) is 16.5. The fourth-order valence-electron chi connectivity index (χ4n) is 12.6. The van der Waals surface area contributed by atoms with Crippen molar-refractivity contribution >= 4 is 82.3 Å². The summed E-state index contributed by atoms with van der Waals surface area (Å²) in [5.74, 6) is 0. The van der Waals surface area contributed by atoms with Gasteiger partial charge in [-0.2, -0.15) is 0 Å². The Bertz CT molecular complexity index is 4950. The summed E-state index contributed by atoms with van der Waals surface area (Å²) in [6.07, 6.45) is 2.24. The number of benzene rings is 12. The first-order chi connectivity index (χ1) is 40.7. The topological polar surface area (TPSA) is 18.0 Å². The largest absolute Gasteiger partial charge is 0.316 e. The van der Waals surface area contributed by atoms with E-state index in [1.165, 1.54) is 82.1 Å². The first-order valence-corrected chi connectivity index (χ1v) is 28.0. The average molecular weight is 1040 g/mol. The summed E-state index contributed by atoms with van der Waals surface area (Å²) in [6.45, 7) is 0. The highest BCUT2D eigenvalue weighted by atomic mass is 15.1. The van der Waals surface area contributed by atoms with E-state index in [1.54, 1.807) is 0 Å². The molecule has 0 saturated heterocycles. The van der Waals surface area contributed by atoms with Crippen LogP contribution in [-0.2, 0) is 0 Å². The van der Waals surface area contributed by atoms with E-state index in [2.05, 4.69) is 334 Å². The molecule has 0 atom stereocenters. The van der Waals surface area contributed by atoms with E-state index in [1.807, 2.05) is 0 Å². The lowest BCUT2D eigenvalue weighted by atomic mass is 10.0. The SMILES string of the molecule is c1c(-c2ccc(N(c3ccc(-c4ccccc4)cc3)c3ccc(-c4ccccc4)cc3)cc2)ccc(-n2c3ccccc3c3ccc(-n4ccc5c6c7c8ccccc8ccc7n(-c7cccc(-c8ccccc8)c7)c6ccc54)cc32)c#1. The molecule has 4 nitrogen and oxygen atoms in total. The number of aromatic nitrogens is 3. The first kappa shape index (κ1) is 46.9. The van der Waals surface area contributed by atoms with E-state index >= 15 is 0 Å². The number of rotatable bonds is 10. The molecule has 0 aliphatic heterocycles. The lowest BCUT2D eigenvalue weighted by Gasteiger charge is -2.26. The highest BCUT2D eigenvalue weighted by Gasteiger charge is 2.21. The zero-order valence-corrected chi connectivity index (χ0v) is 44.7. The van der Waals surface area contributed by atoms with Gasteiger partial charge < -0.3 is 18.6 Å². The van der Waals surface area contributed by atoms with Gasteiger partial charge in [-0.3, -0.25) is 0 Å². The summed E-state index contributed by atoms with van der Waals surface area (Å²) in [5.41, 5.74) is 21.4. The number of para-hydroxylation sites is 1. The van der Waals surface area contributed by atoms with Gasteiger partial charge in [0.1, 0.15) is 0 Å². The van der Waals surface area contributed by atoms with Crippen LogP contribution in [0.3, 0.4) is 0 Å². The van der Waals surface area contributed by atoms with Gasteiger partial charge in [0, 0.05) is 67.1 Å². The second-order valence-electron chi connectivity index (χ2n) is 21.2. The fourth-order valence-corrected chi connectivity index (χ4v) is 12.6. The van der Waals surface area contributed by atoms with E-state index in [4.69, 9.17) is 0 Å². The van der Waals surface area contributed by atoms with Gasteiger partial charge >= 0.3 is 0 Å². The average Bonchev–Trinajstić information content (AvgIpc) is 4.44. The quantitative estimate of drug-likeness (QED) is 0.133. The smallest absolute Gasteiger partial charge is 0.0974 e. The molecule has 0 saturated carbocycles. The molecule has 16 rings (SSSR count). The molecule has 0 fully saturated rings. The maximum atomic E-state index is 3.63. The van der Waals surface area contributed by atoms with Crippen molar-refractivity contribution in [3.8, 4) is 61.6 Å². The minimum Gasteiger partial charge on any atom is -0.316 e. The molecule has 0 amide bonds. The molecule has 3 heterocycles. The van der Waals surface area contributed by atoms with Crippen LogP contribution < -0.4 is 4.90 Å². The van der Waals surface area contributed by atoms with Crippen molar-refractivity contribution in [3.05, 3.63) is 316 Å². The Morgan fingerprint density at radius 2 is 0.793 bits per heavy atom. The first-order valence-electron chi connectivity index (χ1n) is 28.0. The zero-order valence-electron chi connectivity index (χ0n) is 44.7. The third-order valence-corrected chi connectivity index (χ3v) is 16.5. The number of hydrogen-bond acceptors (Lipinski definition) is 1. The van der Waals surface area contributed by atoms with Crippen molar-refractivity contribution in [1.29, 1.82) is 0 Å². The molecule has 0 bridgehead atoms. The second kappa shape index (κ2) is 19.4. The van der Waals surface area contributed by atoms with Crippen LogP contribution in [0.25, 0.3) is 127 Å². The van der Waals surface area contributed by atoms with Gasteiger partial charge in [-0.15, -0.1) is 0 Å². The fraction of sp³-hybridized carbons (Fsp3) is 0. The molecule has 0 N–H and O–H groups in total. The van der Waals surface area contributed by atoms with Crippen molar-refractivity contribution in [2.45, 2.75) is 0 Å². The zero-order chi connectivity index (χ0) is 54.1. The highest BCUT2D eigenvalue weighted by molar-refractivity contribution is 6.28. The molecule has 82 heavy (non-hydrogen) atoms. The van der Waals surface area contributed by atoms with Gasteiger partial charge in [0.25, 0.3) is 0 Å². The lowest BCUT2D eigenvalue weighted by Crippen LogP contribution is -2.09. The summed E-state index contributed by atoms with van der Waals surface area (Å²) in [5, 5.41) is 8.59. The molecule has 0 aliphatic rings. The Morgan fingerprint density at radius 3 is 1.44 bits per heavy atom. The van der Waals surface area contributed by atoms with E-state index in [0.717, 1.165) is 61.8 Å². The molecule has 0 spiro atoms. The highest BCUT2D eigenvalue weighted by Crippen LogP contribution is 2.43. The molecular formula is C78H50N4. The molecule has 4 heteroatoms. The van der Waals surface area contributed by atoms with Crippen molar-refractivity contribution < 1.29 is 0 Å². The number of nitrogens with zero attached hydrogens (tertiary/aromatic N) is 4. The van der Waals surface area contributed by atoms with E-state index in [-0.39, 0.29) is 0 Å². The van der Waals surface area contributed by atoms with Crippen LogP contribution in [0.1, 0.15) is 0 Å². The number of hydrogen-bond donors (Lipinski definition) is 0. The Labute approximate surface area is 475 Å². The predicted octanol–water partition coefficient (Wildman–Crippen LogP) is 20.7. The Balaban J connectivity index is 0.761. The summed E-state index contributed by atoms with van der Waals surface area (Å²) in [7, 11) is 0. The van der Waals surface area contributed by atoms with E-state index < -0.39 is 0 Å². The summed E-state index contributed by atoms with van der Waals surface area (Å²) in [4.78, 5) is 2.33. The van der Waals surface area contributed by atoms with Crippen molar-refractivity contribution in [3.63, 3.8) is 0 Å². The Hall–Kier alpha value is -11.1. The minimum atomic E-state index is 0.933. The summed E-state index contributed by atoms with van der Waals surface area (Å²) >= 11 is 0. The van der Waals surface area contributed by atoms with Crippen LogP contribution >= 0.6 is 0 Å². The van der Waals surface area contributed by atoms with Crippen molar-refractivity contribution in [1.82, 2.24) is 13.7 Å². The standard InChI is InChI=1S/C78H50N4/c1-4-15-53(16-5-1)56-27-36-62(37-28-56)80(63-38-29-57(30-39-63)54-17-6-2-7-18-54)64-40-31-58(32-41-64)59-33-42-65(43-34-59)81-73-26-13-12-25-69(73)70-45-44-66(52-76(70)81)79-50-49-71-72(79)47-48-75-78(71)77-68-24-11-10-21-60(68)35-46-74(77)82(75)67-23-14-22-61(51-67)55-19-8-3-9-20-55/h1-33,35-42,44-52H. The van der Waals surface area contributed by atoms with Gasteiger partial charge in [-0.1, -0.05) is 200 Å². The number of fused-ring (bicyclic) bond motifs is 10. The minimum absolute atomic E-state index is 0.933. The van der Waals surface area contributed by atoms with Gasteiger partial charge in [0.15, 0.2) is 0 Å². The molecular weight excluding hydrogens is 993 g/mol. The molecule has 382 valence electrons. The molecule has 16 aromatic rings. The van der Waals surface area contributed by atoms with E-state index in [0.29, 0.717) is 0 Å². The van der Waals surface area contributed by atoms with Crippen molar-refractivity contribution in [2.75, 3.05) is 4.90 Å². The van der Waals surface area contributed by atoms with Crippen LogP contribution in [0, 0.1) is 12.1 Å². The predicted molar refractivity (Wildman–Crippen MR) is 344 cm³/mol. The van der Waals surface area contributed by atoms with Crippen LogP contribution in [-0.4, -0.2) is 13.7 Å². The number of anilines is 3. The van der Waals surface area contributed by atoms with Crippen LogP contribution in [0.4, 0.5) is 17.1 Å². The molecule has 0 aliphatic carbocycles. The van der Waals surface area contributed by atoms with Gasteiger partial charge in [0.05, 0.1) is 33.3 Å². The third kappa shape index (κ3) is 7.87. The maximum Gasteiger partial charge on any atom is 0.0974 e. The van der Waals surface area contributed by atoms with Crippen LogP contribution in [0.2, 0.25) is 0 Å². The maximum absolute atomic E-state index is 3.63. The second-order valence-corrected chi connectivity index (χ2v) is 21.2.